The molecule has 1 saturated heterocycles. The van der Waals surface area contributed by atoms with E-state index in [4.69, 9.17) is 9.47 Å². The summed E-state index contributed by atoms with van der Waals surface area (Å²) < 4.78 is 13.1. The predicted molar refractivity (Wildman–Crippen MR) is 75.6 cm³/mol. The second-order valence-electron chi connectivity index (χ2n) is 5.29. The molecule has 1 fully saturated rings. The van der Waals surface area contributed by atoms with Gasteiger partial charge in [-0.3, -0.25) is 0 Å². The van der Waals surface area contributed by atoms with Crippen LogP contribution in [0.4, 0.5) is 5.95 Å². The van der Waals surface area contributed by atoms with Gasteiger partial charge in [-0.05, 0) is 33.1 Å². The molecule has 0 aliphatic carbocycles. The van der Waals surface area contributed by atoms with Crippen LogP contribution in [-0.2, 0) is 9.47 Å². The number of aryl methyl sites for hydroxylation is 1. The van der Waals surface area contributed by atoms with Gasteiger partial charge in [-0.2, -0.15) is 0 Å². The molecule has 2 atom stereocenters. The minimum Gasteiger partial charge on any atom is -0.383 e. The molecule has 19 heavy (non-hydrogen) atoms. The van der Waals surface area contributed by atoms with Crippen LogP contribution in [0.15, 0.2) is 6.20 Å². The van der Waals surface area contributed by atoms with Crippen molar-refractivity contribution in [3.63, 3.8) is 0 Å². The lowest BCUT2D eigenvalue weighted by molar-refractivity contribution is 0.0246. The van der Waals surface area contributed by atoms with Crippen molar-refractivity contribution in [1.29, 1.82) is 0 Å². The van der Waals surface area contributed by atoms with Crippen molar-refractivity contribution in [3.05, 3.63) is 11.9 Å². The number of rotatable bonds is 6. The van der Waals surface area contributed by atoms with Gasteiger partial charge in [-0.15, -0.1) is 0 Å². The molecule has 1 aliphatic heterocycles. The van der Waals surface area contributed by atoms with Crippen molar-refractivity contribution in [2.45, 2.75) is 45.3 Å². The lowest BCUT2D eigenvalue weighted by Crippen LogP contribution is -2.28. The summed E-state index contributed by atoms with van der Waals surface area (Å²) in [6, 6.07) is 0.279. The van der Waals surface area contributed by atoms with Crippen molar-refractivity contribution in [2.24, 2.45) is 0 Å². The number of hydrogen-bond donors (Lipinski definition) is 1. The molecule has 0 saturated carbocycles. The summed E-state index contributed by atoms with van der Waals surface area (Å²) in [5.74, 6) is 0.913. The van der Waals surface area contributed by atoms with Gasteiger partial charge in [-0.25, -0.2) is 4.98 Å². The van der Waals surface area contributed by atoms with E-state index in [1.807, 2.05) is 6.92 Å². The normalized spacial score (nSPS) is 21.3. The maximum Gasteiger partial charge on any atom is 0.203 e. The van der Waals surface area contributed by atoms with Crippen molar-refractivity contribution in [3.8, 4) is 0 Å². The van der Waals surface area contributed by atoms with Crippen LogP contribution in [0.5, 0.6) is 0 Å². The first kappa shape index (κ1) is 14.3. The fourth-order valence-corrected chi connectivity index (χ4v) is 2.48. The van der Waals surface area contributed by atoms with E-state index >= 15 is 0 Å². The average Bonchev–Trinajstić information content (AvgIpc) is 2.79. The highest BCUT2D eigenvalue weighted by Crippen LogP contribution is 2.18. The van der Waals surface area contributed by atoms with Crippen LogP contribution in [0.2, 0.25) is 0 Å². The molecule has 2 heterocycles. The summed E-state index contributed by atoms with van der Waals surface area (Å²) in [5.41, 5.74) is 1.02. The molecule has 5 nitrogen and oxygen atoms in total. The van der Waals surface area contributed by atoms with Crippen LogP contribution in [0.3, 0.4) is 0 Å². The first-order chi connectivity index (χ1) is 9.20. The highest BCUT2D eigenvalue weighted by atomic mass is 16.5. The third-order valence-corrected chi connectivity index (χ3v) is 3.50. The molecule has 0 amide bonds. The van der Waals surface area contributed by atoms with E-state index in [1.165, 1.54) is 12.8 Å². The van der Waals surface area contributed by atoms with Crippen LogP contribution in [0.1, 0.15) is 37.9 Å². The maximum absolute atomic E-state index is 5.73. The maximum atomic E-state index is 5.73. The van der Waals surface area contributed by atoms with Gasteiger partial charge in [0.25, 0.3) is 0 Å². The fraction of sp³-hybridized carbons (Fsp3) is 0.786. The van der Waals surface area contributed by atoms with Crippen molar-refractivity contribution in [2.75, 3.05) is 32.2 Å². The molecule has 2 unspecified atom stereocenters. The highest BCUT2D eigenvalue weighted by Gasteiger charge is 2.16. The first-order valence-corrected chi connectivity index (χ1v) is 7.10. The molecule has 0 bridgehead atoms. The van der Waals surface area contributed by atoms with E-state index in [9.17, 15) is 0 Å². The molecule has 0 radical (unpaired) electrons. The summed E-state index contributed by atoms with van der Waals surface area (Å²) in [7, 11) is 1.73. The Morgan fingerprint density at radius 1 is 1.58 bits per heavy atom. The van der Waals surface area contributed by atoms with Crippen LogP contribution in [0, 0.1) is 6.92 Å². The van der Waals surface area contributed by atoms with E-state index in [1.54, 1.807) is 7.11 Å². The lowest BCUT2D eigenvalue weighted by atomic mass is 10.1. The second kappa shape index (κ2) is 6.91. The predicted octanol–water partition coefficient (Wildman–Crippen LogP) is 2.38. The highest BCUT2D eigenvalue weighted by molar-refractivity contribution is 5.29. The third-order valence-electron chi connectivity index (χ3n) is 3.50. The van der Waals surface area contributed by atoms with Gasteiger partial charge in [0.1, 0.15) is 0 Å². The Labute approximate surface area is 115 Å². The number of methoxy groups -OCH3 is 1. The summed E-state index contributed by atoms with van der Waals surface area (Å²) in [5, 5.41) is 3.41. The van der Waals surface area contributed by atoms with Crippen LogP contribution in [-0.4, -0.2) is 42.5 Å². The van der Waals surface area contributed by atoms with Gasteiger partial charge < -0.3 is 19.4 Å². The summed E-state index contributed by atoms with van der Waals surface area (Å²) in [6.45, 7) is 6.55. The Bertz CT molecular complexity index is 386. The molecule has 0 spiro atoms. The zero-order valence-corrected chi connectivity index (χ0v) is 12.2. The summed E-state index contributed by atoms with van der Waals surface area (Å²) in [6.07, 6.45) is 5.97. The van der Waals surface area contributed by atoms with Crippen LogP contribution < -0.4 is 5.32 Å². The number of nitrogens with one attached hydrogen (secondary N) is 1. The molecule has 1 aromatic heterocycles. The minimum absolute atomic E-state index is 0.279. The topological polar surface area (TPSA) is 48.3 Å². The Hall–Kier alpha value is -1.07. The molecule has 108 valence electrons. The van der Waals surface area contributed by atoms with Crippen molar-refractivity contribution >= 4 is 5.95 Å². The van der Waals surface area contributed by atoms with Crippen LogP contribution in [0.25, 0.3) is 0 Å². The molecule has 1 N–H and O–H groups in total. The lowest BCUT2D eigenvalue weighted by Gasteiger charge is -2.23. The number of aromatic nitrogens is 2. The van der Waals surface area contributed by atoms with Crippen molar-refractivity contribution in [1.82, 2.24) is 9.55 Å². The number of imidazole rings is 1. The zero-order chi connectivity index (χ0) is 13.7. The van der Waals surface area contributed by atoms with Gasteiger partial charge in [0.2, 0.25) is 5.95 Å². The molecular weight excluding hydrogens is 242 g/mol. The van der Waals surface area contributed by atoms with Gasteiger partial charge in [0, 0.05) is 26.5 Å². The Morgan fingerprint density at radius 2 is 2.42 bits per heavy atom. The average molecular weight is 267 g/mol. The van der Waals surface area contributed by atoms with E-state index in [2.05, 4.69) is 28.0 Å². The Kier molecular flexibility index (Phi) is 5.22. The van der Waals surface area contributed by atoms with E-state index in [0.29, 0.717) is 12.7 Å². The first-order valence-electron chi connectivity index (χ1n) is 7.10. The second-order valence-corrected chi connectivity index (χ2v) is 5.29. The molecule has 1 aliphatic rings. The summed E-state index contributed by atoms with van der Waals surface area (Å²) >= 11 is 0. The van der Waals surface area contributed by atoms with Gasteiger partial charge >= 0.3 is 0 Å². The van der Waals surface area contributed by atoms with Gasteiger partial charge in [0.05, 0.1) is 24.4 Å². The van der Waals surface area contributed by atoms with E-state index in [0.717, 1.165) is 31.2 Å². The smallest absolute Gasteiger partial charge is 0.203 e. The SMILES string of the molecule is COCC(C)n1cc(C)nc1NCC1CCCCO1. The van der Waals surface area contributed by atoms with Crippen molar-refractivity contribution < 1.29 is 9.47 Å². The molecule has 0 aromatic carbocycles. The molecule has 1 aromatic rings. The zero-order valence-electron chi connectivity index (χ0n) is 12.2. The third kappa shape index (κ3) is 3.94. The monoisotopic (exact) mass is 267 g/mol. The quantitative estimate of drug-likeness (QED) is 0.859. The number of nitrogens with zero attached hydrogens (tertiary/aromatic N) is 2. The number of anilines is 1. The largest absolute Gasteiger partial charge is 0.383 e. The minimum atomic E-state index is 0.279. The van der Waals surface area contributed by atoms with Gasteiger partial charge in [-0.1, -0.05) is 0 Å². The standard InChI is InChI=1S/C14H25N3O2/c1-11-9-17(12(2)10-18-3)14(16-11)15-8-13-6-4-5-7-19-13/h9,12-13H,4-8,10H2,1-3H3,(H,15,16). The van der Waals surface area contributed by atoms with E-state index < -0.39 is 0 Å². The molecule has 2 rings (SSSR count). The molecular formula is C14H25N3O2. The fourth-order valence-electron chi connectivity index (χ4n) is 2.48. The Balaban J connectivity index is 1.94. The van der Waals surface area contributed by atoms with E-state index in [-0.39, 0.29) is 6.04 Å². The number of hydrogen-bond acceptors (Lipinski definition) is 4. The summed E-state index contributed by atoms with van der Waals surface area (Å²) in [4.78, 5) is 4.54. The molecule has 5 heteroatoms. The van der Waals surface area contributed by atoms with Gasteiger partial charge in [0.15, 0.2) is 0 Å². The Morgan fingerprint density at radius 3 is 3.11 bits per heavy atom. The van der Waals surface area contributed by atoms with Crippen LogP contribution >= 0.6 is 0 Å². The number of ether oxygens (including phenoxy) is 2.